The van der Waals surface area contributed by atoms with Crippen molar-refractivity contribution < 1.29 is 0 Å². The maximum Gasteiger partial charge on any atom is -0.000813 e. The molecule has 2 heteroatoms. The first kappa shape index (κ1) is 17.2. The summed E-state index contributed by atoms with van der Waals surface area (Å²) in [6, 6.07) is 15.6. The van der Waals surface area contributed by atoms with Gasteiger partial charge in [0.2, 0.25) is 0 Å². The van der Waals surface area contributed by atoms with Crippen LogP contribution in [0, 0.1) is 0 Å². The van der Waals surface area contributed by atoms with Gasteiger partial charge in [-0.2, -0.15) is 0 Å². The van der Waals surface area contributed by atoms with Crippen molar-refractivity contribution in [2.24, 2.45) is 11.5 Å². The highest BCUT2D eigenvalue weighted by Gasteiger charge is 2.23. The lowest BCUT2D eigenvalue weighted by atomic mass is 9.87. The van der Waals surface area contributed by atoms with Crippen molar-refractivity contribution in [1.29, 1.82) is 0 Å². The fourth-order valence-electron chi connectivity index (χ4n) is 4.03. The van der Waals surface area contributed by atoms with Crippen LogP contribution in [0.1, 0.15) is 61.1 Å². The molecule has 0 heterocycles. The molecule has 2 nitrogen and oxygen atoms in total. The van der Waals surface area contributed by atoms with Gasteiger partial charge in [0.25, 0.3) is 0 Å². The fourth-order valence-corrected chi connectivity index (χ4v) is 4.03. The van der Waals surface area contributed by atoms with Crippen LogP contribution in [0.5, 0.6) is 0 Å². The second-order valence-electron chi connectivity index (χ2n) is 6.99. The van der Waals surface area contributed by atoms with Gasteiger partial charge in [-0.1, -0.05) is 68.1 Å². The van der Waals surface area contributed by atoms with E-state index in [-0.39, 0.29) is 0 Å². The molecule has 0 saturated carbocycles. The summed E-state index contributed by atoms with van der Waals surface area (Å²) in [6.07, 6.45) is 8.55. The quantitative estimate of drug-likeness (QED) is 0.566. The lowest BCUT2D eigenvalue weighted by molar-refractivity contribution is 0.544. The highest BCUT2D eigenvalue weighted by Crippen LogP contribution is 2.40. The second kappa shape index (κ2) is 8.46. The summed E-state index contributed by atoms with van der Waals surface area (Å²) in [5.41, 5.74) is 19.0. The van der Waals surface area contributed by atoms with E-state index in [1.54, 1.807) is 0 Å². The van der Waals surface area contributed by atoms with Crippen LogP contribution in [0.3, 0.4) is 0 Å². The standard InChI is InChI=1S/C22H30N2/c23-14-7-3-1-2-4-10-18(16-24)20-12-8-13-21-19-11-6-5-9-17(19)15-22(20)21/h5-6,8-9,11-13,18H,1-4,7,10,14-16,23-24H2. The minimum absolute atomic E-state index is 0.490. The number of rotatable bonds is 9. The Balaban J connectivity index is 1.68. The Morgan fingerprint density at radius 2 is 1.54 bits per heavy atom. The van der Waals surface area contributed by atoms with E-state index in [4.69, 9.17) is 11.5 Å². The van der Waals surface area contributed by atoms with E-state index in [0.29, 0.717) is 5.92 Å². The molecule has 0 saturated heterocycles. The molecular formula is C22H30N2. The van der Waals surface area contributed by atoms with E-state index in [1.807, 2.05) is 0 Å². The molecule has 1 unspecified atom stereocenters. The largest absolute Gasteiger partial charge is 0.330 e. The molecule has 2 aromatic carbocycles. The van der Waals surface area contributed by atoms with Gasteiger partial charge in [-0.15, -0.1) is 0 Å². The van der Waals surface area contributed by atoms with Crippen molar-refractivity contribution in [3.8, 4) is 11.1 Å². The fraction of sp³-hybridized carbons (Fsp3) is 0.455. The summed E-state index contributed by atoms with van der Waals surface area (Å²) in [4.78, 5) is 0. The van der Waals surface area contributed by atoms with Gasteiger partial charge in [0.1, 0.15) is 0 Å². The van der Waals surface area contributed by atoms with E-state index in [9.17, 15) is 0 Å². The molecule has 0 radical (unpaired) electrons. The first-order valence-electron chi connectivity index (χ1n) is 9.45. The topological polar surface area (TPSA) is 52.0 Å². The maximum absolute atomic E-state index is 6.15. The first-order chi connectivity index (χ1) is 11.8. The molecule has 0 bridgehead atoms. The third-order valence-electron chi connectivity index (χ3n) is 5.37. The molecule has 0 amide bonds. The molecule has 24 heavy (non-hydrogen) atoms. The highest BCUT2D eigenvalue weighted by molar-refractivity contribution is 5.78. The third kappa shape index (κ3) is 3.71. The van der Waals surface area contributed by atoms with Crippen molar-refractivity contribution in [3.05, 3.63) is 59.2 Å². The predicted molar refractivity (Wildman–Crippen MR) is 103 cm³/mol. The smallest absolute Gasteiger partial charge is 0.000813 e. The lowest BCUT2D eigenvalue weighted by Crippen LogP contribution is -2.14. The van der Waals surface area contributed by atoms with Gasteiger partial charge in [0.05, 0.1) is 0 Å². The van der Waals surface area contributed by atoms with Crippen molar-refractivity contribution in [3.63, 3.8) is 0 Å². The molecule has 1 aliphatic rings. The Morgan fingerprint density at radius 3 is 2.38 bits per heavy atom. The van der Waals surface area contributed by atoms with E-state index in [0.717, 1.165) is 25.9 Å². The normalized spacial score (nSPS) is 13.6. The number of hydrogen-bond acceptors (Lipinski definition) is 2. The third-order valence-corrected chi connectivity index (χ3v) is 5.37. The van der Waals surface area contributed by atoms with Crippen LogP contribution in [0.4, 0.5) is 0 Å². The number of benzene rings is 2. The van der Waals surface area contributed by atoms with Crippen LogP contribution in [0.15, 0.2) is 42.5 Å². The molecule has 128 valence electrons. The summed E-state index contributed by atoms with van der Waals surface area (Å²) in [6.45, 7) is 1.57. The zero-order valence-corrected chi connectivity index (χ0v) is 14.6. The van der Waals surface area contributed by atoms with E-state index >= 15 is 0 Å². The van der Waals surface area contributed by atoms with Gasteiger partial charge in [-0.3, -0.25) is 0 Å². The van der Waals surface area contributed by atoms with E-state index in [2.05, 4.69) is 42.5 Å². The molecule has 1 aliphatic carbocycles. The minimum atomic E-state index is 0.490. The molecule has 0 spiro atoms. The van der Waals surface area contributed by atoms with Gasteiger partial charge < -0.3 is 11.5 Å². The van der Waals surface area contributed by atoms with Crippen LogP contribution >= 0.6 is 0 Å². The first-order valence-corrected chi connectivity index (χ1v) is 9.45. The monoisotopic (exact) mass is 322 g/mol. The number of nitrogens with two attached hydrogens (primary N) is 2. The Labute approximate surface area is 146 Å². The minimum Gasteiger partial charge on any atom is -0.330 e. The number of hydrogen-bond donors (Lipinski definition) is 2. The summed E-state index contributed by atoms with van der Waals surface area (Å²) in [5.74, 6) is 0.490. The molecule has 0 fully saturated rings. The van der Waals surface area contributed by atoms with E-state index < -0.39 is 0 Å². The zero-order valence-electron chi connectivity index (χ0n) is 14.6. The predicted octanol–water partition coefficient (Wildman–Crippen LogP) is 4.60. The number of fused-ring (bicyclic) bond motifs is 3. The van der Waals surface area contributed by atoms with Crippen LogP contribution in [0.25, 0.3) is 11.1 Å². The van der Waals surface area contributed by atoms with Crippen molar-refractivity contribution >= 4 is 0 Å². The zero-order chi connectivity index (χ0) is 16.8. The number of unbranched alkanes of at least 4 members (excludes halogenated alkanes) is 4. The molecule has 0 aliphatic heterocycles. The average Bonchev–Trinajstić information content (AvgIpc) is 3.00. The molecule has 4 N–H and O–H groups in total. The Bertz CT molecular complexity index is 663. The summed E-state index contributed by atoms with van der Waals surface area (Å²) in [7, 11) is 0. The molecule has 0 aromatic heterocycles. The van der Waals surface area contributed by atoms with Crippen LogP contribution < -0.4 is 11.5 Å². The summed E-state index contributed by atoms with van der Waals surface area (Å²) in [5, 5.41) is 0. The summed E-state index contributed by atoms with van der Waals surface area (Å²) >= 11 is 0. The molecule has 2 aromatic rings. The molecule has 3 rings (SSSR count). The highest BCUT2D eigenvalue weighted by atomic mass is 14.5. The average molecular weight is 322 g/mol. The second-order valence-corrected chi connectivity index (χ2v) is 6.99. The van der Waals surface area contributed by atoms with Gasteiger partial charge in [0, 0.05) is 0 Å². The Morgan fingerprint density at radius 1 is 0.792 bits per heavy atom. The van der Waals surface area contributed by atoms with Gasteiger partial charge in [0.15, 0.2) is 0 Å². The van der Waals surface area contributed by atoms with Crippen LogP contribution in [0.2, 0.25) is 0 Å². The van der Waals surface area contributed by atoms with Gasteiger partial charge in [-0.05, 0) is 66.1 Å². The van der Waals surface area contributed by atoms with Crippen molar-refractivity contribution in [1.82, 2.24) is 0 Å². The lowest BCUT2D eigenvalue weighted by Gasteiger charge is -2.19. The van der Waals surface area contributed by atoms with Gasteiger partial charge >= 0.3 is 0 Å². The van der Waals surface area contributed by atoms with Crippen molar-refractivity contribution in [2.45, 2.75) is 50.9 Å². The maximum atomic E-state index is 6.15. The van der Waals surface area contributed by atoms with Crippen LogP contribution in [-0.2, 0) is 6.42 Å². The SMILES string of the molecule is NCCCCCCCC(CN)c1cccc2c1Cc1ccccc1-2. The van der Waals surface area contributed by atoms with Crippen LogP contribution in [-0.4, -0.2) is 13.1 Å². The summed E-state index contributed by atoms with van der Waals surface area (Å²) < 4.78 is 0. The Hall–Kier alpha value is -1.64. The molecule has 1 atom stereocenters. The Kier molecular flexibility index (Phi) is 6.06. The molecular weight excluding hydrogens is 292 g/mol. The van der Waals surface area contributed by atoms with Crippen molar-refractivity contribution in [2.75, 3.05) is 13.1 Å². The van der Waals surface area contributed by atoms with E-state index in [1.165, 1.54) is 59.9 Å². The van der Waals surface area contributed by atoms with Gasteiger partial charge in [-0.25, -0.2) is 0 Å².